The van der Waals surface area contributed by atoms with E-state index in [1.54, 1.807) is 6.07 Å². The number of carbonyl (C=O) groups is 1. The molecule has 39 heavy (non-hydrogen) atoms. The number of aromatic hydroxyl groups is 1. The summed E-state index contributed by atoms with van der Waals surface area (Å²) >= 11 is 0. The zero-order valence-corrected chi connectivity index (χ0v) is 23.7. The van der Waals surface area contributed by atoms with Crippen molar-refractivity contribution in [1.82, 2.24) is 9.80 Å². The van der Waals surface area contributed by atoms with E-state index in [1.165, 1.54) is 16.7 Å². The monoisotopic (exact) mass is 524 g/mol. The molecule has 2 aliphatic heterocycles. The van der Waals surface area contributed by atoms with Crippen LogP contribution in [0.15, 0.2) is 43.0 Å². The minimum absolute atomic E-state index is 0.0581. The maximum Gasteiger partial charge on any atom is 0.299 e. The van der Waals surface area contributed by atoms with Crippen LogP contribution in [0.3, 0.4) is 0 Å². The number of benzene rings is 2. The second-order valence-electron chi connectivity index (χ2n) is 12.5. The molecule has 1 spiro atoms. The zero-order valence-electron chi connectivity index (χ0n) is 23.7. The number of hydrogen-bond donors (Lipinski definition) is 1. The van der Waals surface area contributed by atoms with Crippen molar-refractivity contribution in [2.24, 2.45) is 11.8 Å². The van der Waals surface area contributed by atoms with Crippen molar-refractivity contribution in [2.45, 2.75) is 77.0 Å². The van der Waals surface area contributed by atoms with Crippen molar-refractivity contribution in [1.29, 1.82) is 0 Å². The summed E-state index contributed by atoms with van der Waals surface area (Å²) < 4.78 is 6.85. The van der Waals surface area contributed by atoms with Crippen molar-refractivity contribution in [3.05, 3.63) is 70.8 Å². The lowest BCUT2D eigenvalue weighted by Crippen LogP contribution is -2.69. The van der Waals surface area contributed by atoms with E-state index in [4.69, 9.17) is 4.74 Å². The molecule has 1 saturated heterocycles. The van der Waals surface area contributed by atoms with Gasteiger partial charge in [0.15, 0.2) is 0 Å². The largest absolute Gasteiger partial charge is 0.508 e. The topological polar surface area (TPSA) is 53.0 Å². The van der Waals surface area contributed by atoms with Gasteiger partial charge in [-0.05, 0) is 93.3 Å². The number of phenolic OH excluding ortho intramolecular Hbond substituents is 1. The first-order valence-corrected chi connectivity index (χ1v) is 14.5. The Bertz CT molecular complexity index is 1380. The van der Waals surface area contributed by atoms with Crippen molar-refractivity contribution in [2.75, 3.05) is 19.6 Å². The van der Waals surface area contributed by atoms with Gasteiger partial charge < -0.3 is 14.7 Å². The first-order valence-electron chi connectivity index (χ1n) is 14.5. The molecule has 2 fully saturated rings. The van der Waals surface area contributed by atoms with Gasteiger partial charge in [0.25, 0.3) is 5.91 Å². The highest BCUT2D eigenvalue weighted by Gasteiger charge is 2.66. The number of rotatable bonds is 5. The number of amides is 1. The van der Waals surface area contributed by atoms with E-state index in [0.717, 1.165) is 55.6 Å². The molecule has 4 aliphatic rings. The van der Waals surface area contributed by atoms with Gasteiger partial charge >= 0.3 is 0 Å². The highest BCUT2D eigenvalue weighted by atomic mass is 16.5. The zero-order chi connectivity index (χ0) is 27.5. The van der Waals surface area contributed by atoms with E-state index in [2.05, 4.69) is 63.1 Å². The average Bonchev–Trinajstić information content (AvgIpc) is 3.24. The number of likely N-dealkylation sites (tertiary alicyclic amines) is 1. The van der Waals surface area contributed by atoms with E-state index in [1.807, 2.05) is 23.1 Å². The summed E-state index contributed by atoms with van der Waals surface area (Å²) in [5.74, 6) is 8.03. The Kier molecular flexibility index (Phi) is 6.50. The van der Waals surface area contributed by atoms with Gasteiger partial charge in [0.2, 0.25) is 0 Å². The summed E-state index contributed by atoms with van der Waals surface area (Å²) in [5.41, 5.74) is 5.34. The van der Waals surface area contributed by atoms with Crippen molar-refractivity contribution in [3.63, 3.8) is 0 Å². The van der Waals surface area contributed by atoms with Gasteiger partial charge in [-0.15, -0.1) is 6.58 Å². The van der Waals surface area contributed by atoms with Crippen LogP contribution in [-0.2, 0) is 16.6 Å². The molecular formula is C34H40N2O3. The summed E-state index contributed by atoms with van der Waals surface area (Å²) in [6, 6.07) is 10.1. The minimum atomic E-state index is -0.191. The lowest BCUT2D eigenvalue weighted by molar-refractivity contribution is -0.137. The van der Waals surface area contributed by atoms with Gasteiger partial charge in [-0.1, -0.05) is 31.9 Å². The molecule has 5 heteroatoms. The summed E-state index contributed by atoms with van der Waals surface area (Å²) in [6.45, 7) is 15.0. The maximum atomic E-state index is 13.8. The smallest absolute Gasteiger partial charge is 0.299 e. The van der Waals surface area contributed by atoms with Crippen LogP contribution in [0.4, 0.5) is 0 Å². The molecule has 2 aromatic carbocycles. The highest BCUT2D eigenvalue weighted by molar-refractivity contribution is 5.94. The van der Waals surface area contributed by atoms with E-state index in [9.17, 15) is 9.90 Å². The lowest BCUT2D eigenvalue weighted by Gasteiger charge is -2.60. The molecule has 2 aliphatic carbocycles. The van der Waals surface area contributed by atoms with Crippen LogP contribution in [0.5, 0.6) is 11.5 Å². The number of ether oxygens (including phenoxy) is 1. The Morgan fingerprint density at radius 2 is 2.08 bits per heavy atom. The van der Waals surface area contributed by atoms with Crippen molar-refractivity contribution in [3.8, 4) is 23.3 Å². The Balaban J connectivity index is 1.39. The summed E-state index contributed by atoms with van der Waals surface area (Å²) in [5, 5.41) is 11.0. The highest BCUT2D eigenvalue weighted by Crippen LogP contribution is 2.63. The van der Waals surface area contributed by atoms with E-state index in [-0.39, 0.29) is 23.5 Å². The molecule has 0 radical (unpaired) electrons. The van der Waals surface area contributed by atoms with Crippen LogP contribution in [0.2, 0.25) is 0 Å². The van der Waals surface area contributed by atoms with Crippen molar-refractivity contribution < 1.29 is 14.6 Å². The lowest BCUT2D eigenvalue weighted by atomic mass is 9.51. The molecule has 5 nitrogen and oxygen atoms in total. The number of aryl methyl sites for hydroxylation is 2. The van der Waals surface area contributed by atoms with Gasteiger partial charge in [0, 0.05) is 47.2 Å². The standard InChI is InChI=1S/C34H40N2O3/c1-6-16-35-17-15-34-26-10-11-27(33(34)39-30-13-12-29(37)25(32(30)34)19-28(26)35)36(20-21(2)3)31(38)14-9-24-8-7-22(4)23(5)18-24/h6-8,12-13,18,21,26-28,33,37H,1,10-11,15-17,19-20H2,2-5H3/t26-,27+,28+,33-,34-/m0/s1. The first kappa shape index (κ1) is 26.0. The van der Waals surface area contributed by atoms with Crippen LogP contribution in [0.1, 0.15) is 60.9 Å². The molecule has 5 atom stereocenters. The van der Waals surface area contributed by atoms with Crippen LogP contribution in [0.25, 0.3) is 0 Å². The Hall–Kier alpha value is -3.23. The quantitative estimate of drug-likeness (QED) is 0.435. The number of carbonyl (C=O) groups excluding carboxylic acids is 1. The number of piperidine rings is 1. The van der Waals surface area contributed by atoms with E-state index >= 15 is 0 Å². The summed E-state index contributed by atoms with van der Waals surface area (Å²) in [4.78, 5) is 18.4. The van der Waals surface area contributed by atoms with Gasteiger partial charge in [-0.25, -0.2) is 0 Å². The second-order valence-corrected chi connectivity index (χ2v) is 12.5. The predicted molar refractivity (Wildman–Crippen MR) is 154 cm³/mol. The predicted octanol–water partition coefficient (Wildman–Crippen LogP) is 5.14. The van der Waals surface area contributed by atoms with Crippen LogP contribution < -0.4 is 4.74 Å². The molecule has 1 saturated carbocycles. The molecule has 6 rings (SSSR count). The molecule has 0 aromatic heterocycles. The van der Waals surface area contributed by atoms with Crippen LogP contribution >= 0.6 is 0 Å². The van der Waals surface area contributed by atoms with Crippen LogP contribution in [0, 0.1) is 37.5 Å². The van der Waals surface area contributed by atoms with Gasteiger partial charge in [-0.2, -0.15) is 0 Å². The molecule has 204 valence electrons. The van der Waals surface area contributed by atoms with Gasteiger partial charge in [0.1, 0.15) is 17.6 Å². The fourth-order valence-corrected chi connectivity index (χ4v) is 8.10. The van der Waals surface area contributed by atoms with Gasteiger partial charge in [0.05, 0.1) is 6.04 Å². The minimum Gasteiger partial charge on any atom is -0.508 e. The van der Waals surface area contributed by atoms with E-state index < -0.39 is 0 Å². The first-order chi connectivity index (χ1) is 18.7. The molecule has 2 heterocycles. The Morgan fingerprint density at radius 3 is 2.82 bits per heavy atom. The third kappa shape index (κ3) is 4.07. The second kappa shape index (κ2) is 9.75. The number of hydrogen-bond acceptors (Lipinski definition) is 4. The normalized spacial score (nSPS) is 28.2. The van der Waals surface area contributed by atoms with Crippen molar-refractivity contribution >= 4 is 5.91 Å². The fraction of sp³-hybridized carbons (Fsp3) is 0.500. The Morgan fingerprint density at radius 1 is 1.26 bits per heavy atom. The number of phenols is 1. The molecule has 1 N–H and O–H groups in total. The third-order valence-corrected chi connectivity index (χ3v) is 9.83. The summed E-state index contributed by atoms with van der Waals surface area (Å²) in [7, 11) is 0. The number of nitrogens with zero attached hydrogens (tertiary/aromatic N) is 2. The third-order valence-electron chi connectivity index (χ3n) is 9.83. The molecule has 2 aromatic rings. The SMILES string of the molecule is C=CCN1CC[C@@]23c4c5ccc(O)c4C[C@@H]1[C@@H]2CC[C@@H](N(CC(C)C)C(=O)C#Cc1ccc(C)c(C)c1)[C@@H]3O5. The molecule has 0 unspecified atom stereocenters. The molecule has 1 amide bonds. The Labute approximate surface area is 232 Å². The fourth-order valence-electron chi connectivity index (χ4n) is 8.10. The van der Waals surface area contributed by atoms with Gasteiger partial charge in [-0.3, -0.25) is 9.69 Å². The molecular weight excluding hydrogens is 484 g/mol. The maximum absolute atomic E-state index is 13.8. The van der Waals surface area contributed by atoms with E-state index in [0.29, 0.717) is 30.2 Å². The average molecular weight is 525 g/mol. The van der Waals surface area contributed by atoms with Crippen LogP contribution in [-0.4, -0.2) is 58.6 Å². The molecule has 2 bridgehead atoms. The summed E-state index contributed by atoms with van der Waals surface area (Å²) in [6.07, 6.45) is 5.59.